The number of para-hydroxylation sites is 1. The van der Waals surface area contributed by atoms with Crippen LogP contribution >= 0.6 is 12.2 Å². The molecule has 0 unspecified atom stereocenters. The average molecular weight is 256 g/mol. The van der Waals surface area contributed by atoms with Crippen LogP contribution in [0, 0.1) is 0 Å². The van der Waals surface area contributed by atoms with E-state index in [2.05, 4.69) is 0 Å². The maximum atomic E-state index is 9.86. The molecule has 2 aromatic rings. The Morgan fingerprint density at radius 3 is 2.11 bits per heavy atom. The zero-order valence-corrected chi connectivity index (χ0v) is 10.4. The highest BCUT2D eigenvalue weighted by molar-refractivity contribution is 7.80. The van der Waals surface area contributed by atoms with Gasteiger partial charge < -0.3 is 9.84 Å². The first-order valence-electron chi connectivity index (χ1n) is 5.48. The van der Waals surface area contributed by atoms with Gasteiger partial charge in [0, 0.05) is 11.6 Å². The van der Waals surface area contributed by atoms with E-state index in [1.807, 2.05) is 36.4 Å². The normalized spacial score (nSPS) is 11.0. The number of thiocarbonyl (C=S) groups is 1. The van der Waals surface area contributed by atoms with Crippen LogP contribution in [-0.2, 0) is 0 Å². The van der Waals surface area contributed by atoms with Crippen molar-refractivity contribution in [3.63, 3.8) is 0 Å². The summed E-state index contributed by atoms with van der Waals surface area (Å²) in [5.74, 6) is 0.746. The van der Waals surface area contributed by atoms with E-state index in [1.54, 1.807) is 24.3 Å². The lowest BCUT2D eigenvalue weighted by Gasteiger charge is -2.04. The molecule has 0 fully saturated rings. The summed E-state index contributed by atoms with van der Waals surface area (Å²) in [5.41, 5.74) is 0.705. The summed E-state index contributed by atoms with van der Waals surface area (Å²) in [4.78, 5) is 0. The second-order valence-corrected chi connectivity index (χ2v) is 4.03. The summed E-state index contributed by atoms with van der Waals surface area (Å²) in [6, 6.07) is 18.4. The summed E-state index contributed by atoms with van der Waals surface area (Å²) < 4.78 is 5.40. The van der Waals surface area contributed by atoms with Gasteiger partial charge in [-0.15, -0.1) is 0 Å². The molecule has 0 aromatic heterocycles. The van der Waals surface area contributed by atoms with E-state index >= 15 is 0 Å². The maximum absolute atomic E-state index is 9.86. The molecule has 0 radical (unpaired) electrons. The van der Waals surface area contributed by atoms with Crippen LogP contribution in [0.5, 0.6) is 5.75 Å². The van der Waals surface area contributed by atoms with Crippen molar-refractivity contribution in [3.05, 3.63) is 72.3 Å². The molecular formula is C15H12O2S. The molecule has 0 bridgehead atoms. The van der Waals surface area contributed by atoms with Crippen LogP contribution in [0.2, 0.25) is 0 Å². The fraction of sp³-hybridized carbons (Fsp3) is 0. The number of hydrogen-bond acceptors (Lipinski definition) is 3. The minimum atomic E-state index is 0.0940. The lowest BCUT2D eigenvalue weighted by Crippen LogP contribution is -2.02. The van der Waals surface area contributed by atoms with Gasteiger partial charge in [-0.05, 0) is 24.4 Å². The molecule has 0 aliphatic carbocycles. The molecular weight excluding hydrogens is 244 g/mol. The van der Waals surface area contributed by atoms with Crippen LogP contribution in [0.4, 0.5) is 0 Å². The van der Waals surface area contributed by atoms with E-state index in [1.165, 1.54) is 6.08 Å². The first-order valence-corrected chi connectivity index (χ1v) is 5.89. The summed E-state index contributed by atoms with van der Waals surface area (Å²) in [5, 5.41) is 10.1. The Morgan fingerprint density at radius 1 is 0.944 bits per heavy atom. The minimum Gasteiger partial charge on any atom is -0.507 e. The van der Waals surface area contributed by atoms with Gasteiger partial charge in [-0.3, -0.25) is 0 Å². The second kappa shape index (κ2) is 5.98. The first kappa shape index (κ1) is 12.3. The van der Waals surface area contributed by atoms with E-state index in [4.69, 9.17) is 17.0 Å². The average Bonchev–Trinajstić information content (AvgIpc) is 2.40. The van der Waals surface area contributed by atoms with Crippen molar-refractivity contribution in [2.24, 2.45) is 0 Å². The van der Waals surface area contributed by atoms with Gasteiger partial charge in [-0.25, -0.2) is 0 Å². The third-order valence-corrected chi connectivity index (χ3v) is 2.49. The Balaban J connectivity index is 2.07. The molecule has 1 N–H and O–H groups in total. The van der Waals surface area contributed by atoms with Gasteiger partial charge in [0.2, 0.25) is 0 Å². The van der Waals surface area contributed by atoms with E-state index < -0.39 is 0 Å². The number of aliphatic hydroxyl groups excluding tert-OH is 1. The molecule has 0 aliphatic rings. The molecule has 0 spiro atoms. The standard InChI is InChI=1S/C15H12O2S/c16-14(12-7-3-1-4-8-12)11-15(18)17-13-9-5-2-6-10-13/h1-11,16H/b14-11-. The zero-order chi connectivity index (χ0) is 12.8. The fourth-order valence-electron chi connectivity index (χ4n) is 1.44. The molecule has 0 atom stereocenters. The van der Waals surface area contributed by atoms with Crippen LogP contribution in [-0.4, -0.2) is 10.2 Å². The van der Waals surface area contributed by atoms with Gasteiger partial charge in [0.05, 0.1) is 0 Å². The van der Waals surface area contributed by atoms with Gasteiger partial charge in [-0.1, -0.05) is 48.5 Å². The van der Waals surface area contributed by atoms with Crippen LogP contribution in [0.15, 0.2) is 66.7 Å². The summed E-state index contributed by atoms with van der Waals surface area (Å²) in [6.07, 6.45) is 1.43. The minimum absolute atomic E-state index is 0.0940. The zero-order valence-electron chi connectivity index (χ0n) is 9.61. The van der Waals surface area contributed by atoms with E-state index in [-0.39, 0.29) is 10.8 Å². The second-order valence-electron chi connectivity index (χ2n) is 3.63. The summed E-state index contributed by atoms with van der Waals surface area (Å²) in [6.45, 7) is 0. The van der Waals surface area contributed by atoms with Crippen molar-refractivity contribution >= 4 is 23.0 Å². The molecule has 0 amide bonds. The molecule has 2 rings (SSSR count). The number of benzene rings is 2. The Kier molecular flexibility index (Phi) is 4.10. The van der Waals surface area contributed by atoms with Gasteiger partial charge in [-0.2, -0.15) is 0 Å². The van der Waals surface area contributed by atoms with Gasteiger partial charge in [0.25, 0.3) is 0 Å². The predicted molar refractivity (Wildman–Crippen MR) is 76.7 cm³/mol. The summed E-state index contributed by atoms with van der Waals surface area (Å²) in [7, 11) is 0. The van der Waals surface area contributed by atoms with E-state index in [9.17, 15) is 5.11 Å². The highest BCUT2D eigenvalue weighted by Gasteiger charge is 2.01. The van der Waals surface area contributed by atoms with Crippen molar-refractivity contribution in [1.82, 2.24) is 0 Å². The number of rotatable bonds is 3. The highest BCUT2D eigenvalue weighted by atomic mass is 32.1. The Bertz CT molecular complexity index is 547. The quantitative estimate of drug-likeness (QED) is 0.511. The van der Waals surface area contributed by atoms with E-state index in [0.29, 0.717) is 11.3 Å². The van der Waals surface area contributed by atoms with Crippen molar-refractivity contribution in [2.45, 2.75) is 0 Å². The Labute approximate surface area is 111 Å². The third kappa shape index (κ3) is 3.43. The van der Waals surface area contributed by atoms with Crippen molar-refractivity contribution in [2.75, 3.05) is 0 Å². The molecule has 2 nitrogen and oxygen atoms in total. The SMILES string of the molecule is O/C(=C\C(=S)Oc1ccccc1)c1ccccc1. The topological polar surface area (TPSA) is 29.5 Å². The predicted octanol–water partition coefficient (Wildman–Crippen LogP) is 3.99. The molecule has 3 heteroatoms. The monoisotopic (exact) mass is 256 g/mol. The van der Waals surface area contributed by atoms with E-state index in [0.717, 1.165) is 0 Å². The summed E-state index contributed by atoms with van der Waals surface area (Å²) >= 11 is 5.05. The molecule has 0 saturated carbocycles. The third-order valence-electron chi connectivity index (χ3n) is 2.29. The smallest absolute Gasteiger partial charge is 0.194 e. The Morgan fingerprint density at radius 2 is 1.50 bits per heavy atom. The van der Waals surface area contributed by atoms with Gasteiger partial charge >= 0.3 is 0 Å². The van der Waals surface area contributed by atoms with Crippen LogP contribution in [0.25, 0.3) is 5.76 Å². The molecule has 2 aromatic carbocycles. The van der Waals surface area contributed by atoms with Crippen LogP contribution < -0.4 is 4.74 Å². The first-order chi connectivity index (χ1) is 8.75. The largest absolute Gasteiger partial charge is 0.507 e. The molecule has 90 valence electrons. The fourth-order valence-corrected chi connectivity index (χ4v) is 1.65. The maximum Gasteiger partial charge on any atom is 0.194 e. The highest BCUT2D eigenvalue weighted by Crippen LogP contribution is 2.13. The van der Waals surface area contributed by atoms with Crippen molar-refractivity contribution < 1.29 is 9.84 Å². The van der Waals surface area contributed by atoms with Crippen LogP contribution in [0.3, 0.4) is 0 Å². The van der Waals surface area contributed by atoms with Crippen LogP contribution in [0.1, 0.15) is 5.56 Å². The lowest BCUT2D eigenvalue weighted by atomic mass is 10.2. The number of hydrogen-bond donors (Lipinski definition) is 1. The molecule has 18 heavy (non-hydrogen) atoms. The number of aliphatic hydroxyl groups is 1. The number of ether oxygens (including phenoxy) is 1. The van der Waals surface area contributed by atoms with Gasteiger partial charge in [0.1, 0.15) is 11.5 Å². The van der Waals surface area contributed by atoms with Gasteiger partial charge in [0.15, 0.2) is 5.05 Å². The molecule has 0 saturated heterocycles. The molecule has 0 aliphatic heterocycles. The molecule has 0 heterocycles. The Hall–Kier alpha value is -2.13. The van der Waals surface area contributed by atoms with Crippen molar-refractivity contribution in [1.29, 1.82) is 0 Å². The lowest BCUT2D eigenvalue weighted by molar-refractivity contribution is 0.509. The van der Waals surface area contributed by atoms with Crippen molar-refractivity contribution in [3.8, 4) is 5.75 Å².